The minimum absolute atomic E-state index is 0.194. The molecule has 2 rings (SSSR count). The summed E-state index contributed by atoms with van der Waals surface area (Å²) >= 11 is 9.53. The molecule has 0 N–H and O–H groups in total. The molecule has 2 nitrogen and oxygen atoms in total. The average Bonchev–Trinajstić information content (AvgIpc) is 2.94. The minimum Gasteiger partial charge on any atom is -0.192 e. The fraction of sp³-hybridized carbons (Fsp3) is 0.0303. The maximum absolute atomic E-state index is 9.29. The summed E-state index contributed by atoms with van der Waals surface area (Å²) in [6.45, 7) is 0. The number of nitrogens with zero attached hydrogens (tertiary/aromatic N) is 2. The molecule has 0 aromatic heterocycles. The lowest BCUT2D eigenvalue weighted by atomic mass is 10.1. The van der Waals surface area contributed by atoms with Crippen molar-refractivity contribution in [3.63, 3.8) is 0 Å². The summed E-state index contributed by atoms with van der Waals surface area (Å²) in [6, 6.07) is 24.4. The topological polar surface area (TPSA) is 47.6 Å². The van der Waals surface area contributed by atoms with Crippen molar-refractivity contribution in [1.82, 2.24) is 0 Å². The van der Waals surface area contributed by atoms with Crippen molar-refractivity contribution in [2.45, 2.75) is 0 Å². The highest BCUT2D eigenvalue weighted by Gasteiger charge is 1.89. The van der Waals surface area contributed by atoms with Gasteiger partial charge in [-0.2, -0.15) is 10.5 Å². The standard InChI is InChI=1S/C32H26N2.CH2Cl2/c33-27-31(23-11-5-1-3-9-17-29-19-13-7-14-20-29)25-26-32(28-34)24-12-6-2-4-10-18-30-21-15-8-16-22-30;2-1-3/h1-26H;1H2/b3-1+,4-2+,11-5+,12-6+,17-9+,18-10+,26-25+,31-23-,32-24-;. The number of benzene rings is 2. The van der Waals surface area contributed by atoms with E-state index in [1.807, 2.05) is 121 Å². The van der Waals surface area contributed by atoms with Crippen molar-refractivity contribution in [1.29, 1.82) is 10.5 Å². The van der Waals surface area contributed by atoms with E-state index in [0.717, 1.165) is 11.1 Å². The lowest BCUT2D eigenvalue weighted by molar-refractivity contribution is 1.48. The Balaban J connectivity index is 0.00000217. The van der Waals surface area contributed by atoms with Crippen LogP contribution in [0.4, 0.5) is 0 Å². The predicted molar refractivity (Wildman–Crippen MR) is 161 cm³/mol. The van der Waals surface area contributed by atoms with Crippen molar-refractivity contribution < 1.29 is 0 Å². The number of rotatable bonds is 10. The Morgan fingerprint density at radius 3 is 1.22 bits per heavy atom. The van der Waals surface area contributed by atoms with Crippen LogP contribution >= 0.6 is 23.2 Å². The Morgan fingerprint density at radius 1 is 0.541 bits per heavy atom. The van der Waals surface area contributed by atoms with E-state index in [2.05, 4.69) is 12.1 Å². The number of alkyl halides is 2. The molecule has 0 aliphatic rings. The SMILES string of the molecule is ClCCl.N#CC(=C\C=C\C=C\C=C\c1ccccc1)/C=C/C(C#N)=C/C=C/C=C/C=C/c1ccccc1. The molecular formula is C33H28Cl2N2. The highest BCUT2D eigenvalue weighted by atomic mass is 35.5. The monoisotopic (exact) mass is 522 g/mol. The molecule has 0 saturated carbocycles. The molecular weight excluding hydrogens is 495 g/mol. The molecule has 184 valence electrons. The van der Waals surface area contributed by atoms with Crippen LogP contribution in [0.1, 0.15) is 11.1 Å². The third-order valence-electron chi connectivity index (χ3n) is 4.32. The van der Waals surface area contributed by atoms with Crippen LogP contribution in [0.15, 0.2) is 157 Å². The first-order chi connectivity index (χ1) is 18.2. The summed E-state index contributed by atoms with van der Waals surface area (Å²) in [5.41, 5.74) is 3.20. The van der Waals surface area contributed by atoms with Gasteiger partial charge in [0, 0.05) is 0 Å². The zero-order valence-corrected chi connectivity index (χ0v) is 21.9. The van der Waals surface area contributed by atoms with Gasteiger partial charge in [-0.3, -0.25) is 0 Å². The van der Waals surface area contributed by atoms with Gasteiger partial charge in [-0.05, 0) is 35.4 Å². The van der Waals surface area contributed by atoms with E-state index in [0.29, 0.717) is 11.1 Å². The van der Waals surface area contributed by atoms with Crippen molar-refractivity contribution >= 4 is 35.4 Å². The van der Waals surface area contributed by atoms with Gasteiger partial charge in [0.25, 0.3) is 0 Å². The number of hydrogen-bond donors (Lipinski definition) is 0. The van der Waals surface area contributed by atoms with Crippen LogP contribution < -0.4 is 0 Å². The minimum atomic E-state index is 0.194. The van der Waals surface area contributed by atoms with Crippen molar-refractivity contribution in [3.8, 4) is 12.1 Å². The van der Waals surface area contributed by atoms with E-state index in [4.69, 9.17) is 23.2 Å². The van der Waals surface area contributed by atoms with Crippen molar-refractivity contribution in [2.24, 2.45) is 0 Å². The quantitative estimate of drug-likeness (QED) is 0.177. The number of allylic oxidation sites excluding steroid dienone is 16. The molecule has 0 atom stereocenters. The molecule has 0 amide bonds. The summed E-state index contributed by atoms with van der Waals surface area (Å²) in [6.07, 6.45) is 29.5. The Morgan fingerprint density at radius 2 is 0.865 bits per heavy atom. The van der Waals surface area contributed by atoms with E-state index in [9.17, 15) is 10.5 Å². The number of nitriles is 2. The van der Waals surface area contributed by atoms with Gasteiger partial charge in [0.2, 0.25) is 0 Å². The Labute approximate surface area is 230 Å². The molecule has 2 aromatic carbocycles. The maximum atomic E-state index is 9.29. The Bertz CT molecular complexity index is 1160. The second-order valence-electron chi connectivity index (χ2n) is 6.98. The summed E-state index contributed by atoms with van der Waals surface area (Å²) < 4.78 is 0. The molecule has 0 aliphatic heterocycles. The van der Waals surface area contributed by atoms with Gasteiger partial charge in [0.05, 0.1) is 28.6 Å². The van der Waals surface area contributed by atoms with E-state index in [1.54, 1.807) is 36.5 Å². The third kappa shape index (κ3) is 16.8. The van der Waals surface area contributed by atoms with Crippen LogP contribution in [0.2, 0.25) is 0 Å². The van der Waals surface area contributed by atoms with E-state index >= 15 is 0 Å². The molecule has 0 heterocycles. The average molecular weight is 524 g/mol. The Kier molecular flexibility index (Phi) is 18.4. The smallest absolute Gasteiger partial charge is 0.0991 e. The fourth-order valence-corrected chi connectivity index (χ4v) is 2.60. The number of hydrogen-bond acceptors (Lipinski definition) is 2. The zero-order chi connectivity index (χ0) is 26.8. The van der Waals surface area contributed by atoms with Gasteiger partial charge < -0.3 is 0 Å². The largest absolute Gasteiger partial charge is 0.192 e. The van der Waals surface area contributed by atoms with Crippen LogP contribution in [-0.4, -0.2) is 5.34 Å². The second kappa shape index (κ2) is 22.1. The lowest BCUT2D eigenvalue weighted by Gasteiger charge is -1.88. The summed E-state index contributed by atoms with van der Waals surface area (Å²) in [7, 11) is 0. The van der Waals surface area contributed by atoms with Gasteiger partial charge in [-0.25, -0.2) is 0 Å². The molecule has 0 unspecified atom stereocenters. The first kappa shape index (κ1) is 30.7. The predicted octanol–water partition coefficient (Wildman–Crippen LogP) is 9.52. The zero-order valence-electron chi connectivity index (χ0n) is 20.4. The first-order valence-corrected chi connectivity index (χ1v) is 12.4. The van der Waals surface area contributed by atoms with Crippen LogP contribution in [0.5, 0.6) is 0 Å². The molecule has 0 spiro atoms. The second-order valence-corrected chi connectivity index (χ2v) is 7.79. The van der Waals surface area contributed by atoms with Crippen LogP contribution in [0.25, 0.3) is 12.2 Å². The lowest BCUT2D eigenvalue weighted by Crippen LogP contribution is -1.74. The molecule has 0 aliphatic carbocycles. The molecule has 4 heteroatoms. The summed E-state index contributed by atoms with van der Waals surface area (Å²) in [5.74, 6) is 0. The summed E-state index contributed by atoms with van der Waals surface area (Å²) in [5, 5.41) is 18.8. The van der Waals surface area contributed by atoms with Gasteiger partial charge in [0.1, 0.15) is 0 Å². The highest BCUT2D eigenvalue weighted by molar-refractivity contribution is 6.40. The molecule has 0 saturated heterocycles. The molecule has 0 bridgehead atoms. The Hall–Kier alpha value is -4.34. The third-order valence-corrected chi connectivity index (χ3v) is 4.32. The molecule has 0 fully saturated rings. The van der Waals surface area contributed by atoms with Gasteiger partial charge in [0.15, 0.2) is 0 Å². The van der Waals surface area contributed by atoms with Crippen LogP contribution in [-0.2, 0) is 0 Å². The van der Waals surface area contributed by atoms with Crippen LogP contribution in [0, 0.1) is 22.7 Å². The molecule has 37 heavy (non-hydrogen) atoms. The van der Waals surface area contributed by atoms with Gasteiger partial charge >= 0.3 is 0 Å². The van der Waals surface area contributed by atoms with E-state index in [-0.39, 0.29) is 5.34 Å². The molecule has 0 radical (unpaired) electrons. The van der Waals surface area contributed by atoms with Crippen molar-refractivity contribution in [2.75, 3.05) is 5.34 Å². The summed E-state index contributed by atoms with van der Waals surface area (Å²) in [4.78, 5) is 0. The normalized spacial score (nSPS) is 12.8. The highest BCUT2D eigenvalue weighted by Crippen LogP contribution is 2.04. The van der Waals surface area contributed by atoms with Gasteiger partial charge in [-0.1, -0.05) is 134 Å². The molecule has 2 aromatic rings. The number of halogens is 2. The van der Waals surface area contributed by atoms with E-state index in [1.165, 1.54) is 0 Å². The van der Waals surface area contributed by atoms with Crippen molar-refractivity contribution in [3.05, 3.63) is 168 Å². The fourth-order valence-electron chi connectivity index (χ4n) is 2.60. The maximum Gasteiger partial charge on any atom is 0.0991 e. The van der Waals surface area contributed by atoms with E-state index < -0.39 is 0 Å². The first-order valence-electron chi connectivity index (χ1n) is 11.4. The van der Waals surface area contributed by atoms with Crippen LogP contribution in [0.3, 0.4) is 0 Å². The van der Waals surface area contributed by atoms with Gasteiger partial charge in [-0.15, -0.1) is 23.2 Å².